The van der Waals surface area contributed by atoms with E-state index in [2.05, 4.69) is 32.0 Å². The number of nitrogens with one attached hydrogen (secondary N) is 1. The van der Waals surface area contributed by atoms with Crippen LogP contribution in [-0.2, 0) is 4.79 Å². The van der Waals surface area contributed by atoms with Crippen LogP contribution in [0.4, 0.5) is 0 Å². The minimum Gasteiger partial charge on any atom is -0.480 e. The van der Waals surface area contributed by atoms with Crippen molar-refractivity contribution in [2.24, 2.45) is 0 Å². The number of halogens is 1. The van der Waals surface area contributed by atoms with Crippen LogP contribution in [0.3, 0.4) is 0 Å². The van der Waals surface area contributed by atoms with Crippen molar-refractivity contribution in [1.82, 2.24) is 5.32 Å². The molecule has 3 N–H and O–H groups in total. The second-order valence-corrected chi connectivity index (χ2v) is 4.22. The number of aliphatic hydroxyl groups excluding tert-OH is 1. The molecule has 1 rings (SSSR count). The Morgan fingerprint density at radius 1 is 1.32 bits per heavy atom. The summed E-state index contributed by atoms with van der Waals surface area (Å²) in [4.78, 5) is 25.2. The fourth-order valence-corrected chi connectivity index (χ4v) is 1.60. The predicted octanol–water partition coefficient (Wildman–Crippen LogP) is 0.954. The maximum atomic E-state index is 11.8. The molecule has 6 heteroatoms. The van der Waals surface area contributed by atoms with Crippen molar-refractivity contribution in [3.8, 4) is 10.8 Å². The van der Waals surface area contributed by atoms with E-state index in [0.717, 1.165) is 5.56 Å². The van der Waals surface area contributed by atoms with Crippen LogP contribution >= 0.6 is 15.9 Å². The normalized spacial score (nSPS) is 12.8. The highest BCUT2D eigenvalue weighted by Crippen LogP contribution is 2.05. The SMILES string of the molecule is C[C@H](O)[C@H](NC(=O)c1ccc(C#CBr)cc1)C(=O)O. The molecule has 0 radical (unpaired) electrons. The first kappa shape index (κ1) is 15.2. The number of benzene rings is 1. The van der Waals surface area contributed by atoms with Crippen LogP contribution in [0, 0.1) is 10.8 Å². The Morgan fingerprint density at radius 3 is 2.32 bits per heavy atom. The third kappa shape index (κ3) is 4.39. The molecule has 0 bridgehead atoms. The van der Waals surface area contributed by atoms with Gasteiger partial charge in [0.15, 0.2) is 6.04 Å². The van der Waals surface area contributed by atoms with Gasteiger partial charge >= 0.3 is 5.97 Å². The lowest BCUT2D eigenvalue weighted by Gasteiger charge is -2.16. The average Bonchev–Trinajstić information content (AvgIpc) is 2.36. The summed E-state index contributed by atoms with van der Waals surface area (Å²) >= 11 is 2.96. The number of hydrogen-bond donors (Lipinski definition) is 3. The van der Waals surface area contributed by atoms with Gasteiger partial charge in [-0.15, -0.1) is 0 Å². The zero-order valence-corrected chi connectivity index (χ0v) is 11.6. The fraction of sp³-hybridized carbons (Fsp3) is 0.231. The Labute approximate surface area is 118 Å². The lowest BCUT2D eigenvalue weighted by molar-refractivity contribution is -0.141. The smallest absolute Gasteiger partial charge is 0.328 e. The highest BCUT2D eigenvalue weighted by atomic mass is 79.9. The summed E-state index contributed by atoms with van der Waals surface area (Å²) in [7, 11) is 0. The Kier molecular flexibility index (Phi) is 5.55. The zero-order valence-electron chi connectivity index (χ0n) is 10.1. The number of carbonyl (C=O) groups excluding carboxylic acids is 1. The molecule has 0 spiro atoms. The summed E-state index contributed by atoms with van der Waals surface area (Å²) in [5, 5.41) is 20.4. The molecule has 0 unspecified atom stereocenters. The first-order valence-corrected chi connectivity index (χ1v) is 6.18. The molecule has 0 heterocycles. The predicted molar refractivity (Wildman–Crippen MR) is 72.8 cm³/mol. The molecule has 2 atom stereocenters. The third-order valence-electron chi connectivity index (χ3n) is 2.37. The van der Waals surface area contributed by atoms with Gasteiger partial charge in [-0.25, -0.2) is 4.79 Å². The summed E-state index contributed by atoms with van der Waals surface area (Å²) in [5.74, 6) is 0.902. The highest BCUT2D eigenvalue weighted by molar-refractivity contribution is 9.12. The van der Waals surface area contributed by atoms with Crippen LogP contribution in [-0.4, -0.2) is 34.2 Å². The maximum Gasteiger partial charge on any atom is 0.328 e. The van der Waals surface area contributed by atoms with Crippen LogP contribution in [0.15, 0.2) is 24.3 Å². The Hall–Kier alpha value is -1.84. The van der Waals surface area contributed by atoms with E-state index in [0.29, 0.717) is 5.56 Å². The van der Waals surface area contributed by atoms with Crippen molar-refractivity contribution < 1.29 is 19.8 Å². The van der Waals surface area contributed by atoms with Crippen LogP contribution < -0.4 is 5.32 Å². The first-order chi connectivity index (χ1) is 8.95. The number of carbonyl (C=O) groups is 2. The monoisotopic (exact) mass is 325 g/mol. The quantitative estimate of drug-likeness (QED) is 0.719. The van der Waals surface area contributed by atoms with Gasteiger partial charge in [0, 0.05) is 27.1 Å². The topological polar surface area (TPSA) is 86.6 Å². The molecule has 0 saturated carbocycles. The second kappa shape index (κ2) is 6.92. The molecule has 0 fully saturated rings. The number of aliphatic carboxylic acids is 1. The molecule has 0 saturated heterocycles. The number of rotatable bonds is 4. The van der Waals surface area contributed by atoms with E-state index in [9.17, 15) is 14.7 Å². The number of aliphatic hydroxyl groups is 1. The average molecular weight is 326 g/mol. The molecule has 0 aliphatic carbocycles. The Bertz CT molecular complexity index is 528. The van der Waals surface area contributed by atoms with Crippen molar-refractivity contribution in [2.75, 3.05) is 0 Å². The van der Waals surface area contributed by atoms with Crippen LogP contribution in [0.2, 0.25) is 0 Å². The fourth-order valence-electron chi connectivity index (χ4n) is 1.37. The number of carboxylic acid groups (broad SMARTS) is 1. The van der Waals surface area contributed by atoms with Crippen molar-refractivity contribution in [3.63, 3.8) is 0 Å². The molecule has 19 heavy (non-hydrogen) atoms. The number of hydrogen-bond acceptors (Lipinski definition) is 3. The minimum absolute atomic E-state index is 0.298. The van der Waals surface area contributed by atoms with Gasteiger partial charge in [0.25, 0.3) is 5.91 Å². The van der Waals surface area contributed by atoms with Crippen molar-refractivity contribution in [2.45, 2.75) is 19.1 Å². The van der Waals surface area contributed by atoms with E-state index in [4.69, 9.17) is 5.11 Å². The lowest BCUT2D eigenvalue weighted by atomic mass is 10.1. The molecular formula is C13H12BrNO4. The van der Waals surface area contributed by atoms with E-state index in [-0.39, 0.29) is 0 Å². The molecule has 5 nitrogen and oxygen atoms in total. The van der Waals surface area contributed by atoms with E-state index in [1.165, 1.54) is 19.1 Å². The van der Waals surface area contributed by atoms with Gasteiger partial charge in [-0.3, -0.25) is 4.79 Å². The first-order valence-electron chi connectivity index (χ1n) is 5.39. The maximum absolute atomic E-state index is 11.8. The van der Waals surface area contributed by atoms with Crippen molar-refractivity contribution in [3.05, 3.63) is 35.4 Å². The Morgan fingerprint density at radius 2 is 1.89 bits per heavy atom. The van der Waals surface area contributed by atoms with Gasteiger partial charge < -0.3 is 15.5 Å². The molecule has 100 valence electrons. The highest BCUT2D eigenvalue weighted by Gasteiger charge is 2.25. The van der Waals surface area contributed by atoms with E-state index in [1.807, 2.05) is 0 Å². The Balaban J connectivity index is 2.82. The van der Waals surface area contributed by atoms with E-state index >= 15 is 0 Å². The van der Waals surface area contributed by atoms with Crippen LogP contribution in [0.25, 0.3) is 0 Å². The van der Waals surface area contributed by atoms with Crippen LogP contribution in [0.5, 0.6) is 0 Å². The lowest BCUT2D eigenvalue weighted by Crippen LogP contribution is -2.47. The number of amides is 1. The summed E-state index contributed by atoms with van der Waals surface area (Å²) in [6.07, 6.45) is -1.18. The van der Waals surface area contributed by atoms with Gasteiger partial charge in [-0.05, 0) is 36.0 Å². The number of carboxylic acids is 1. The van der Waals surface area contributed by atoms with Gasteiger partial charge in [0.05, 0.1) is 6.10 Å². The molecule has 0 aliphatic heterocycles. The molecule has 1 aromatic rings. The molecule has 1 amide bonds. The van der Waals surface area contributed by atoms with Crippen LogP contribution in [0.1, 0.15) is 22.8 Å². The van der Waals surface area contributed by atoms with Gasteiger partial charge in [-0.1, -0.05) is 5.92 Å². The third-order valence-corrected chi connectivity index (χ3v) is 2.57. The van der Waals surface area contributed by atoms with Crippen molar-refractivity contribution in [1.29, 1.82) is 0 Å². The van der Waals surface area contributed by atoms with E-state index < -0.39 is 24.0 Å². The molecule has 1 aromatic carbocycles. The van der Waals surface area contributed by atoms with Gasteiger partial charge in [0.2, 0.25) is 0 Å². The van der Waals surface area contributed by atoms with E-state index in [1.54, 1.807) is 12.1 Å². The molecule has 0 aliphatic rings. The molecular weight excluding hydrogens is 314 g/mol. The summed E-state index contributed by atoms with van der Waals surface area (Å²) in [5.41, 5.74) is 1.02. The largest absolute Gasteiger partial charge is 0.480 e. The minimum atomic E-state index is -1.34. The molecule has 0 aromatic heterocycles. The standard InChI is InChI=1S/C13H12BrNO4/c1-8(16)11(13(18)19)15-12(17)10-4-2-9(3-5-10)6-7-14/h2-5,8,11,16H,1H3,(H,15,17)(H,18,19)/t8-,11-/m0/s1. The zero-order chi connectivity index (χ0) is 14.4. The van der Waals surface area contributed by atoms with Gasteiger partial charge in [0.1, 0.15) is 0 Å². The summed E-state index contributed by atoms with van der Waals surface area (Å²) < 4.78 is 0. The second-order valence-electron chi connectivity index (χ2n) is 3.83. The van der Waals surface area contributed by atoms with Gasteiger partial charge in [-0.2, -0.15) is 0 Å². The summed E-state index contributed by atoms with van der Waals surface area (Å²) in [6, 6.07) is 5.00. The summed E-state index contributed by atoms with van der Waals surface area (Å²) in [6.45, 7) is 1.30. The van der Waals surface area contributed by atoms with Crippen molar-refractivity contribution >= 4 is 27.8 Å².